The number of carbonyl (C=O) groups is 1. The molecule has 0 saturated carbocycles. The third-order valence-electron chi connectivity index (χ3n) is 2.84. The summed E-state index contributed by atoms with van der Waals surface area (Å²) < 4.78 is 3.41. The summed E-state index contributed by atoms with van der Waals surface area (Å²) in [6.07, 6.45) is 1.76. The lowest BCUT2D eigenvalue weighted by molar-refractivity contribution is 0.0980. The van der Waals surface area contributed by atoms with Crippen molar-refractivity contribution in [3.8, 4) is 0 Å². The molecule has 6 heteroatoms. The number of aryl methyl sites for hydroxylation is 2. The van der Waals surface area contributed by atoms with Crippen molar-refractivity contribution in [1.29, 1.82) is 0 Å². The van der Waals surface area contributed by atoms with E-state index in [1.165, 1.54) is 6.33 Å². The van der Waals surface area contributed by atoms with Crippen LogP contribution in [0, 0.1) is 12.8 Å². The Morgan fingerprint density at radius 1 is 1.42 bits per heavy atom. The van der Waals surface area contributed by atoms with Gasteiger partial charge in [-0.05, 0) is 18.9 Å². The third-order valence-corrected chi connectivity index (χ3v) is 2.84. The van der Waals surface area contributed by atoms with Gasteiger partial charge in [-0.3, -0.25) is 9.48 Å². The van der Waals surface area contributed by atoms with E-state index in [9.17, 15) is 4.79 Å². The first-order valence-corrected chi connectivity index (χ1v) is 6.38. The number of Topliss-reactive ketones (excluding diaryl/α,β-unsaturated/α-hetero) is 1. The molecule has 2 rings (SSSR count). The number of ketones is 1. The van der Waals surface area contributed by atoms with Crippen molar-refractivity contribution >= 4 is 5.78 Å². The van der Waals surface area contributed by atoms with Crippen LogP contribution in [-0.2, 0) is 20.0 Å². The van der Waals surface area contributed by atoms with Gasteiger partial charge >= 0.3 is 0 Å². The number of hydrogen-bond acceptors (Lipinski definition) is 4. The molecule has 2 aromatic heterocycles. The second kappa shape index (κ2) is 5.34. The fraction of sp³-hybridized carbons (Fsp3) is 0.538. The number of nitrogens with zero attached hydrogens (tertiary/aromatic N) is 5. The maximum Gasteiger partial charge on any atom is 0.188 e. The third kappa shape index (κ3) is 3.07. The van der Waals surface area contributed by atoms with E-state index < -0.39 is 0 Å². The first-order valence-electron chi connectivity index (χ1n) is 6.38. The van der Waals surface area contributed by atoms with Gasteiger partial charge in [0.25, 0.3) is 0 Å². The summed E-state index contributed by atoms with van der Waals surface area (Å²) in [6, 6.07) is 1.80. The van der Waals surface area contributed by atoms with Crippen molar-refractivity contribution in [2.24, 2.45) is 13.0 Å². The second-order valence-corrected chi connectivity index (χ2v) is 5.15. The van der Waals surface area contributed by atoms with Crippen LogP contribution in [0.25, 0.3) is 0 Å². The zero-order valence-corrected chi connectivity index (χ0v) is 11.8. The van der Waals surface area contributed by atoms with E-state index in [4.69, 9.17) is 0 Å². The number of rotatable bonds is 5. The predicted molar refractivity (Wildman–Crippen MR) is 70.8 cm³/mol. The van der Waals surface area contributed by atoms with Crippen LogP contribution in [0.5, 0.6) is 0 Å². The molecule has 0 atom stereocenters. The van der Waals surface area contributed by atoms with Gasteiger partial charge in [0.15, 0.2) is 5.78 Å². The summed E-state index contributed by atoms with van der Waals surface area (Å²) in [5.74, 6) is 1.19. The maximum absolute atomic E-state index is 12.2. The Labute approximate surface area is 112 Å². The maximum atomic E-state index is 12.2. The fourth-order valence-electron chi connectivity index (χ4n) is 2.03. The molecule has 2 aromatic rings. The highest BCUT2D eigenvalue weighted by Crippen LogP contribution is 2.08. The van der Waals surface area contributed by atoms with Gasteiger partial charge < -0.3 is 0 Å². The molecule has 19 heavy (non-hydrogen) atoms. The first-order chi connectivity index (χ1) is 8.97. The molecule has 0 aliphatic rings. The van der Waals surface area contributed by atoms with Gasteiger partial charge in [0.2, 0.25) is 0 Å². The molecule has 0 aliphatic carbocycles. The Balaban J connectivity index is 2.15. The number of hydrogen-bond donors (Lipinski definition) is 0. The van der Waals surface area contributed by atoms with Crippen LogP contribution in [0.1, 0.15) is 35.9 Å². The van der Waals surface area contributed by atoms with E-state index in [-0.39, 0.29) is 12.2 Å². The first kappa shape index (κ1) is 13.5. The van der Waals surface area contributed by atoms with Crippen molar-refractivity contribution in [2.75, 3.05) is 0 Å². The molecule has 0 aliphatic heterocycles. The summed E-state index contributed by atoms with van der Waals surface area (Å²) in [4.78, 5) is 16.4. The summed E-state index contributed by atoms with van der Waals surface area (Å²) in [7, 11) is 1.78. The molecule has 0 radical (unpaired) electrons. The largest absolute Gasteiger partial charge is 0.292 e. The van der Waals surface area contributed by atoms with Crippen LogP contribution in [-0.4, -0.2) is 30.3 Å². The fourth-order valence-corrected chi connectivity index (χ4v) is 2.03. The molecule has 0 spiro atoms. The lowest BCUT2D eigenvalue weighted by Gasteiger charge is -2.08. The highest BCUT2D eigenvalue weighted by atomic mass is 16.1. The van der Waals surface area contributed by atoms with Crippen molar-refractivity contribution in [3.63, 3.8) is 0 Å². The van der Waals surface area contributed by atoms with Crippen LogP contribution in [0.15, 0.2) is 12.4 Å². The van der Waals surface area contributed by atoms with Gasteiger partial charge in [-0.1, -0.05) is 13.8 Å². The van der Waals surface area contributed by atoms with Crippen molar-refractivity contribution in [3.05, 3.63) is 29.6 Å². The van der Waals surface area contributed by atoms with E-state index in [1.54, 1.807) is 22.5 Å². The molecule has 0 amide bonds. The molecule has 6 nitrogen and oxygen atoms in total. The van der Waals surface area contributed by atoms with E-state index in [2.05, 4.69) is 29.0 Å². The summed E-state index contributed by atoms with van der Waals surface area (Å²) in [5.41, 5.74) is 1.45. The SMILES string of the molecule is Cc1cc(C(=O)Cc2ncnn2CC(C)C)n(C)n1. The normalized spacial score (nSPS) is 11.2. The van der Waals surface area contributed by atoms with E-state index in [1.807, 2.05) is 6.92 Å². The number of carbonyl (C=O) groups excluding carboxylic acids is 1. The highest BCUT2D eigenvalue weighted by Gasteiger charge is 2.16. The smallest absolute Gasteiger partial charge is 0.188 e. The minimum absolute atomic E-state index is 0.0149. The Morgan fingerprint density at radius 3 is 2.74 bits per heavy atom. The monoisotopic (exact) mass is 261 g/mol. The van der Waals surface area contributed by atoms with Crippen molar-refractivity contribution in [2.45, 2.75) is 33.7 Å². The Morgan fingerprint density at radius 2 is 2.16 bits per heavy atom. The van der Waals surface area contributed by atoms with Crippen LogP contribution in [0.2, 0.25) is 0 Å². The Kier molecular flexibility index (Phi) is 3.78. The quantitative estimate of drug-likeness (QED) is 0.763. The van der Waals surface area contributed by atoms with Gasteiger partial charge in [0.1, 0.15) is 17.8 Å². The lowest BCUT2D eigenvalue weighted by Crippen LogP contribution is -2.16. The van der Waals surface area contributed by atoms with Crippen LogP contribution >= 0.6 is 0 Å². The van der Waals surface area contributed by atoms with Crippen molar-refractivity contribution < 1.29 is 4.79 Å². The molecule has 2 heterocycles. The minimum atomic E-state index is 0.0149. The Hall–Kier alpha value is -1.98. The molecule has 0 saturated heterocycles. The molecule has 0 aromatic carbocycles. The summed E-state index contributed by atoms with van der Waals surface area (Å²) in [6.45, 7) is 6.86. The molecular weight excluding hydrogens is 242 g/mol. The molecular formula is C13H19N5O. The topological polar surface area (TPSA) is 65.6 Å². The molecule has 0 N–H and O–H groups in total. The zero-order valence-electron chi connectivity index (χ0n) is 11.8. The average Bonchev–Trinajstić information content (AvgIpc) is 2.85. The van der Waals surface area contributed by atoms with E-state index >= 15 is 0 Å². The number of aromatic nitrogens is 5. The molecule has 0 bridgehead atoms. The second-order valence-electron chi connectivity index (χ2n) is 5.15. The molecule has 0 unspecified atom stereocenters. The van der Waals surface area contributed by atoms with Crippen LogP contribution in [0.4, 0.5) is 0 Å². The van der Waals surface area contributed by atoms with Gasteiger partial charge in [-0.15, -0.1) is 0 Å². The molecule has 0 fully saturated rings. The average molecular weight is 261 g/mol. The zero-order chi connectivity index (χ0) is 14.0. The highest BCUT2D eigenvalue weighted by molar-refractivity contribution is 5.95. The van der Waals surface area contributed by atoms with E-state index in [0.29, 0.717) is 17.4 Å². The predicted octanol–water partition coefficient (Wildman–Crippen LogP) is 1.40. The summed E-state index contributed by atoms with van der Waals surface area (Å²) >= 11 is 0. The van der Waals surface area contributed by atoms with Crippen LogP contribution < -0.4 is 0 Å². The Bertz CT molecular complexity index is 582. The van der Waals surface area contributed by atoms with Gasteiger partial charge in [0.05, 0.1) is 12.1 Å². The standard InChI is InChI=1S/C13H19N5O/c1-9(2)7-18-13(14-8-15-18)6-12(19)11-5-10(3)16-17(11)4/h5,8-9H,6-7H2,1-4H3. The van der Waals surface area contributed by atoms with Gasteiger partial charge in [-0.2, -0.15) is 10.2 Å². The van der Waals surface area contributed by atoms with Gasteiger partial charge in [-0.25, -0.2) is 9.67 Å². The summed E-state index contributed by atoms with van der Waals surface area (Å²) in [5, 5.41) is 8.35. The lowest BCUT2D eigenvalue weighted by atomic mass is 10.2. The van der Waals surface area contributed by atoms with Crippen molar-refractivity contribution in [1.82, 2.24) is 24.5 Å². The molecule has 102 valence electrons. The van der Waals surface area contributed by atoms with E-state index in [0.717, 1.165) is 12.2 Å². The van der Waals surface area contributed by atoms with Crippen LogP contribution in [0.3, 0.4) is 0 Å². The minimum Gasteiger partial charge on any atom is -0.292 e. The van der Waals surface area contributed by atoms with Gasteiger partial charge in [0, 0.05) is 13.6 Å².